The lowest BCUT2D eigenvalue weighted by Crippen LogP contribution is -2.59. The summed E-state index contributed by atoms with van der Waals surface area (Å²) in [7, 11) is -1.25. The number of anilines is 1. The van der Waals surface area contributed by atoms with Crippen LogP contribution < -0.4 is 4.90 Å². The number of nitriles is 1. The fourth-order valence-electron chi connectivity index (χ4n) is 5.76. The first kappa shape index (κ1) is 32.0. The van der Waals surface area contributed by atoms with Crippen LogP contribution in [0.25, 0.3) is 0 Å². The zero-order valence-corrected chi connectivity index (χ0v) is 26.2. The van der Waals surface area contributed by atoms with E-state index in [0.29, 0.717) is 11.6 Å². The van der Waals surface area contributed by atoms with Gasteiger partial charge in [-0.25, -0.2) is 12.8 Å². The molecule has 45 heavy (non-hydrogen) atoms. The quantitative estimate of drug-likeness (QED) is 0.387. The van der Waals surface area contributed by atoms with E-state index in [4.69, 9.17) is 0 Å². The summed E-state index contributed by atoms with van der Waals surface area (Å²) in [6, 6.07) is 6.82. The van der Waals surface area contributed by atoms with Crippen molar-refractivity contribution in [2.45, 2.75) is 68.8 Å². The van der Waals surface area contributed by atoms with E-state index in [9.17, 15) is 32.8 Å². The molecule has 1 saturated heterocycles. The van der Waals surface area contributed by atoms with E-state index in [0.717, 1.165) is 47.8 Å². The summed E-state index contributed by atoms with van der Waals surface area (Å²) in [5.74, 6) is -1.88. The van der Waals surface area contributed by atoms with Gasteiger partial charge in [0.1, 0.15) is 17.6 Å². The number of hydrogen-bond donors (Lipinski definition) is 1. The van der Waals surface area contributed by atoms with E-state index in [2.05, 4.69) is 9.97 Å². The van der Waals surface area contributed by atoms with Crippen LogP contribution in [0.4, 0.5) is 10.1 Å². The molecule has 0 bridgehead atoms. The van der Waals surface area contributed by atoms with E-state index in [-0.39, 0.29) is 47.6 Å². The standard InChI is InChI=1S/C32H35FN6O5S/c1-20-22(16-34)13-25(15-27(20)33)45(43,44)39-12-11-29(39)32(42)38(24-9-10-26(30(40)14-24)31(41)37(2)3)19-23-17-36-28(18-35-23)21-7-5-4-6-8-21/h9-10,13-15,17-18,21,29,40H,4-8,11-12,19H2,1-3H3/t29-/m1/s1. The molecular formula is C32H35FN6O5S. The minimum atomic E-state index is -4.34. The first-order valence-electron chi connectivity index (χ1n) is 14.8. The molecule has 0 spiro atoms. The molecule has 1 N–H and O–H groups in total. The van der Waals surface area contributed by atoms with Crippen LogP contribution in [0.1, 0.15) is 77.3 Å². The molecular weight excluding hydrogens is 599 g/mol. The van der Waals surface area contributed by atoms with E-state index in [1.54, 1.807) is 26.5 Å². The number of aromatic hydroxyl groups is 1. The van der Waals surface area contributed by atoms with Crippen molar-refractivity contribution in [1.82, 2.24) is 19.2 Å². The monoisotopic (exact) mass is 634 g/mol. The molecule has 0 unspecified atom stereocenters. The molecule has 13 heteroatoms. The first-order chi connectivity index (χ1) is 21.4. The van der Waals surface area contributed by atoms with Gasteiger partial charge in [0.05, 0.1) is 46.2 Å². The maximum atomic E-state index is 14.5. The van der Waals surface area contributed by atoms with Crippen molar-refractivity contribution in [2.75, 3.05) is 25.5 Å². The Bertz CT molecular complexity index is 1770. The average molecular weight is 635 g/mol. The highest BCUT2D eigenvalue weighted by atomic mass is 32.2. The van der Waals surface area contributed by atoms with Crippen LogP contribution >= 0.6 is 0 Å². The Kier molecular flexibility index (Phi) is 9.18. The molecule has 1 aliphatic heterocycles. The van der Waals surface area contributed by atoms with Crippen molar-refractivity contribution in [2.24, 2.45) is 0 Å². The summed E-state index contributed by atoms with van der Waals surface area (Å²) in [5, 5.41) is 20.1. The van der Waals surface area contributed by atoms with Gasteiger partial charge < -0.3 is 14.9 Å². The maximum Gasteiger partial charge on any atom is 0.257 e. The van der Waals surface area contributed by atoms with Gasteiger partial charge in [-0.2, -0.15) is 9.57 Å². The molecule has 1 saturated carbocycles. The second-order valence-electron chi connectivity index (χ2n) is 11.7. The second kappa shape index (κ2) is 12.9. The summed E-state index contributed by atoms with van der Waals surface area (Å²) >= 11 is 0. The van der Waals surface area contributed by atoms with Gasteiger partial charge in [-0.3, -0.25) is 19.6 Å². The molecule has 2 aliphatic rings. The summed E-state index contributed by atoms with van der Waals surface area (Å²) in [4.78, 5) is 38.0. The van der Waals surface area contributed by atoms with Gasteiger partial charge in [-0.1, -0.05) is 19.3 Å². The number of nitrogens with zero attached hydrogens (tertiary/aromatic N) is 6. The fraction of sp³-hybridized carbons (Fsp3) is 0.406. The summed E-state index contributed by atoms with van der Waals surface area (Å²) in [5.41, 5.74) is 1.52. The molecule has 2 aromatic carbocycles. The van der Waals surface area contributed by atoms with Crippen LogP contribution in [0.5, 0.6) is 5.75 Å². The number of hydrogen-bond acceptors (Lipinski definition) is 8. The van der Waals surface area contributed by atoms with Crippen LogP contribution in [-0.4, -0.2) is 71.2 Å². The Morgan fingerprint density at radius 3 is 2.40 bits per heavy atom. The van der Waals surface area contributed by atoms with Gasteiger partial charge in [0.25, 0.3) is 5.91 Å². The number of aromatic nitrogens is 2. The van der Waals surface area contributed by atoms with E-state index >= 15 is 0 Å². The Morgan fingerprint density at radius 2 is 1.82 bits per heavy atom. The number of rotatable bonds is 8. The van der Waals surface area contributed by atoms with E-state index in [1.807, 2.05) is 6.07 Å². The van der Waals surface area contributed by atoms with Crippen LogP contribution in [0.2, 0.25) is 0 Å². The topological polar surface area (TPSA) is 148 Å². The molecule has 1 aromatic heterocycles. The lowest BCUT2D eigenvalue weighted by Gasteiger charge is -2.41. The predicted octanol–water partition coefficient (Wildman–Crippen LogP) is 4.25. The summed E-state index contributed by atoms with van der Waals surface area (Å²) in [6.07, 6.45) is 9.08. The Hall–Kier alpha value is -4.41. The number of phenols is 1. The number of halogens is 1. The minimum Gasteiger partial charge on any atom is -0.507 e. The number of phenolic OH excluding ortho intramolecular Hbond substituents is 1. The number of carbonyl (C=O) groups is 2. The van der Waals surface area contributed by atoms with Crippen molar-refractivity contribution in [3.8, 4) is 11.8 Å². The molecule has 2 fully saturated rings. The molecule has 3 aromatic rings. The lowest BCUT2D eigenvalue weighted by molar-refractivity contribution is -0.125. The smallest absolute Gasteiger partial charge is 0.257 e. The van der Waals surface area contributed by atoms with Gasteiger partial charge in [0, 0.05) is 50.1 Å². The van der Waals surface area contributed by atoms with E-state index in [1.165, 1.54) is 41.3 Å². The van der Waals surface area contributed by atoms with Gasteiger partial charge in [-0.15, -0.1) is 0 Å². The molecule has 11 nitrogen and oxygen atoms in total. The third-order valence-corrected chi connectivity index (χ3v) is 10.5. The molecule has 2 amide bonds. The van der Waals surface area contributed by atoms with Crippen LogP contribution in [-0.2, 0) is 21.4 Å². The maximum absolute atomic E-state index is 14.5. The summed E-state index contributed by atoms with van der Waals surface area (Å²) in [6.45, 7) is 1.32. The highest BCUT2D eigenvalue weighted by Gasteiger charge is 2.45. The molecule has 1 atom stereocenters. The molecule has 236 valence electrons. The summed E-state index contributed by atoms with van der Waals surface area (Å²) < 4.78 is 42.7. The molecule has 0 radical (unpaired) electrons. The van der Waals surface area contributed by atoms with Crippen LogP contribution in [0.15, 0.2) is 47.6 Å². The normalized spacial score (nSPS) is 17.3. The first-order valence-corrected chi connectivity index (χ1v) is 16.2. The predicted molar refractivity (Wildman–Crippen MR) is 163 cm³/mol. The molecule has 1 aliphatic carbocycles. The number of amides is 2. The zero-order chi connectivity index (χ0) is 32.5. The van der Waals surface area contributed by atoms with Gasteiger partial charge in [0.2, 0.25) is 15.9 Å². The van der Waals surface area contributed by atoms with Crippen LogP contribution in [0.3, 0.4) is 0 Å². The van der Waals surface area contributed by atoms with Crippen molar-refractivity contribution in [3.63, 3.8) is 0 Å². The van der Waals surface area contributed by atoms with Crippen molar-refractivity contribution >= 4 is 27.5 Å². The SMILES string of the molecule is Cc1c(F)cc(S(=O)(=O)N2CC[C@@H]2C(=O)N(Cc2cnc(C3CCCCC3)cn2)c2ccc(C(=O)N(C)C)c(O)c2)cc1C#N. The van der Waals surface area contributed by atoms with Crippen molar-refractivity contribution in [3.05, 3.63) is 76.6 Å². The lowest BCUT2D eigenvalue weighted by atomic mass is 9.87. The van der Waals surface area contributed by atoms with Gasteiger partial charge in [0.15, 0.2) is 0 Å². The highest BCUT2D eigenvalue weighted by molar-refractivity contribution is 7.89. The van der Waals surface area contributed by atoms with Gasteiger partial charge >= 0.3 is 0 Å². The Morgan fingerprint density at radius 1 is 1.09 bits per heavy atom. The largest absolute Gasteiger partial charge is 0.507 e. The highest BCUT2D eigenvalue weighted by Crippen LogP contribution is 2.34. The number of carbonyl (C=O) groups excluding carboxylic acids is 2. The van der Waals surface area contributed by atoms with Crippen LogP contribution in [0, 0.1) is 24.1 Å². The Labute approximate surface area is 262 Å². The average Bonchev–Trinajstić information content (AvgIpc) is 3.00. The zero-order valence-electron chi connectivity index (χ0n) is 25.4. The number of sulfonamides is 1. The minimum absolute atomic E-state index is 0.0153. The molecule has 2 heterocycles. The van der Waals surface area contributed by atoms with Crippen molar-refractivity contribution in [1.29, 1.82) is 5.26 Å². The van der Waals surface area contributed by atoms with Crippen molar-refractivity contribution < 1.29 is 27.5 Å². The fourth-order valence-corrected chi connectivity index (χ4v) is 7.42. The third kappa shape index (κ3) is 6.39. The number of benzene rings is 2. The van der Waals surface area contributed by atoms with Gasteiger partial charge in [-0.05, 0) is 50.5 Å². The molecule has 5 rings (SSSR count). The Balaban J connectivity index is 1.47. The third-order valence-electron chi connectivity index (χ3n) is 8.56. The van der Waals surface area contributed by atoms with E-state index < -0.39 is 38.6 Å². The second-order valence-corrected chi connectivity index (χ2v) is 13.6.